The molecule has 2 aromatic carbocycles. The van der Waals surface area contributed by atoms with Gasteiger partial charge in [0.25, 0.3) is 0 Å². The number of methoxy groups -OCH3 is 2. The lowest BCUT2D eigenvalue weighted by Gasteiger charge is -2.09. The molecule has 2 rings (SSSR count). The van der Waals surface area contributed by atoms with Crippen LogP contribution in [0.2, 0.25) is 0 Å². The largest absolute Gasteiger partial charge is 0.493 e. The molecule has 0 saturated carbocycles. The fraction of sp³-hybridized carbons (Fsp3) is 0.316. The molecule has 0 amide bonds. The van der Waals surface area contributed by atoms with Gasteiger partial charge in [0.2, 0.25) is 0 Å². The summed E-state index contributed by atoms with van der Waals surface area (Å²) < 4.78 is 15.7. The SMILES string of the molecule is COc1ccc(CCC(=O)OCCc2ccccc2)cc1OC. The third kappa shape index (κ3) is 5.33. The van der Waals surface area contributed by atoms with Crippen molar-refractivity contribution in [3.63, 3.8) is 0 Å². The highest BCUT2D eigenvalue weighted by Crippen LogP contribution is 2.27. The normalized spacial score (nSPS) is 10.2. The number of hydrogen-bond donors (Lipinski definition) is 0. The minimum atomic E-state index is -0.185. The van der Waals surface area contributed by atoms with E-state index in [1.54, 1.807) is 14.2 Å². The van der Waals surface area contributed by atoms with Gasteiger partial charge in [0.05, 0.1) is 20.8 Å². The van der Waals surface area contributed by atoms with E-state index in [1.807, 2.05) is 48.5 Å². The molecule has 0 radical (unpaired) electrons. The Morgan fingerprint density at radius 1 is 0.870 bits per heavy atom. The van der Waals surface area contributed by atoms with Gasteiger partial charge >= 0.3 is 5.97 Å². The summed E-state index contributed by atoms with van der Waals surface area (Å²) in [5, 5.41) is 0. The Kier molecular flexibility index (Phi) is 6.48. The van der Waals surface area contributed by atoms with Crippen molar-refractivity contribution in [2.24, 2.45) is 0 Å². The predicted molar refractivity (Wildman–Crippen MR) is 89.0 cm³/mol. The summed E-state index contributed by atoms with van der Waals surface area (Å²) in [7, 11) is 3.20. The van der Waals surface area contributed by atoms with Gasteiger partial charge in [-0.25, -0.2) is 0 Å². The van der Waals surface area contributed by atoms with Crippen LogP contribution in [0, 0.1) is 0 Å². The monoisotopic (exact) mass is 314 g/mol. The summed E-state index contributed by atoms with van der Waals surface area (Å²) in [6, 6.07) is 15.6. The van der Waals surface area contributed by atoms with Crippen LogP contribution in [0.15, 0.2) is 48.5 Å². The molecule has 0 fully saturated rings. The van der Waals surface area contributed by atoms with E-state index < -0.39 is 0 Å². The van der Waals surface area contributed by atoms with Crippen molar-refractivity contribution in [2.45, 2.75) is 19.3 Å². The molecule has 4 heteroatoms. The van der Waals surface area contributed by atoms with E-state index in [0.717, 1.165) is 12.0 Å². The molecule has 0 heterocycles. The van der Waals surface area contributed by atoms with Gasteiger partial charge in [0.1, 0.15) is 0 Å². The van der Waals surface area contributed by atoms with Gasteiger partial charge in [0, 0.05) is 12.8 Å². The Hall–Kier alpha value is -2.49. The molecule has 0 unspecified atom stereocenters. The minimum Gasteiger partial charge on any atom is -0.493 e. The van der Waals surface area contributed by atoms with Crippen molar-refractivity contribution in [1.82, 2.24) is 0 Å². The zero-order valence-corrected chi connectivity index (χ0v) is 13.6. The highest BCUT2D eigenvalue weighted by Gasteiger charge is 2.08. The van der Waals surface area contributed by atoms with Crippen LogP contribution in [0.1, 0.15) is 17.5 Å². The molecule has 0 N–H and O–H groups in total. The van der Waals surface area contributed by atoms with E-state index in [1.165, 1.54) is 5.56 Å². The van der Waals surface area contributed by atoms with Gasteiger partial charge < -0.3 is 14.2 Å². The van der Waals surface area contributed by atoms with Gasteiger partial charge in [0.15, 0.2) is 11.5 Å². The number of aryl methyl sites for hydroxylation is 1. The second-order valence-corrected chi connectivity index (χ2v) is 5.15. The summed E-state index contributed by atoms with van der Waals surface area (Å²) in [4.78, 5) is 11.8. The first-order valence-corrected chi connectivity index (χ1v) is 7.63. The molecular weight excluding hydrogens is 292 g/mol. The predicted octanol–water partition coefficient (Wildman–Crippen LogP) is 3.42. The van der Waals surface area contributed by atoms with Crippen LogP contribution in [-0.4, -0.2) is 26.8 Å². The summed E-state index contributed by atoms with van der Waals surface area (Å²) in [6.45, 7) is 0.411. The molecule has 0 saturated heterocycles. The fourth-order valence-corrected chi connectivity index (χ4v) is 2.28. The fourth-order valence-electron chi connectivity index (χ4n) is 2.28. The van der Waals surface area contributed by atoms with E-state index in [0.29, 0.717) is 30.9 Å². The summed E-state index contributed by atoms with van der Waals surface area (Å²) in [6.07, 6.45) is 1.71. The van der Waals surface area contributed by atoms with E-state index in [2.05, 4.69) is 0 Å². The van der Waals surface area contributed by atoms with E-state index in [4.69, 9.17) is 14.2 Å². The Bertz CT molecular complexity index is 623. The Balaban J connectivity index is 1.76. The molecular formula is C19H22O4. The van der Waals surface area contributed by atoms with Crippen molar-refractivity contribution in [3.8, 4) is 11.5 Å². The highest BCUT2D eigenvalue weighted by molar-refractivity contribution is 5.69. The first-order chi connectivity index (χ1) is 11.2. The second-order valence-electron chi connectivity index (χ2n) is 5.15. The molecule has 4 nitrogen and oxygen atoms in total. The number of ether oxygens (including phenoxy) is 3. The number of hydrogen-bond acceptors (Lipinski definition) is 4. The number of carbonyl (C=O) groups excluding carboxylic acids is 1. The summed E-state index contributed by atoms with van der Waals surface area (Å²) in [5.41, 5.74) is 2.18. The van der Waals surface area contributed by atoms with Gasteiger partial charge in [-0.3, -0.25) is 4.79 Å². The third-order valence-corrected chi connectivity index (χ3v) is 3.56. The second kappa shape index (κ2) is 8.83. The molecule has 0 aliphatic carbocycles. The molecule has 2 aromatic rings. The maximum Gasteiger partial charge on any atom is 0.306 e. The van der Waals surface area contributed by atoms with Gasteiger partial charge in [-0.2, -0.15) is 0 Å². The minimum absolute atomic E-state index is 0.185. The van der Waals surface area contributed by atoms with Crippen LogP contribution in [0.5, 0.6) is 11.5 Å². The average molecular weight is 314 g/mol. The van der Waals surface area contributed by atoms with Crippen molar-refractivity contribution < 1.29 is 19.0 Å². The lowest BCUT2D eigenvalue weighted by molar-refractivity contribution is -0.143. The van der Waals surface area contributed by atoms with E-state index >= 15 is 0 Å². The smallest absolute Gasteiger partial charge is 0.306 e. The van der Waals surface area contributed by atoms with Crippen LogP contribution in [0.25, 0.3) is 0 Å². The molecule has 0 atom stereocenters. The highest BCUT2D eigenvalue weighted by atomic mass is 16.5. The maximum atomic E-state index is 11.8. The van der Waals surface area contributed by atoms with Gasteiger partial charge in [-0.1, -0.05) is 36.4 Å². The number of rotatable bonds is 8. The topological polar surface area (TPSA) is 44.8 Å². The molecule has 23 heavy (non-hydrogen) atoms. The Morgan fingerprint density at radius 2 is 1.61 bits per heavy atom. The van der Waals surface area contributed by atoms with Crippen LogP contribution >= 0.6 is 0 Å². The Morgan fingerprint density at radius 3 is 2.30 bits per heavy atom. The van der Waals surface area contributed by atoms with E-state index in [-0.39, 0.29) is 5.97 Å². The third-order valence-electron chi connectivity index (χ3n) is 3.56. The zero-order chi connectivity index (χ0) is 16.5. The van der Waals surface area contributed by atoms with E-state index in [9.17, 15) is 4.79 Å². The number of esters is 1. The first-order valence-electron chi connectivity index (χ1n) is 7.63. The molecule has 0 spiro atoms. The molecule has 122 valence electrons. The number of benzene rings is 2. The molecule has 0 aliphatic heterocycles. The molecule has 0 bridgehead atoms. The van der Waals surface area contributed by atoms with Crippen LogP contribution < -0.4 is 9.47 Å². The lowest BCUT2D eigenvalue weighted by atomic mass is 10.1. The van der Waals surface area contributed by atoms with Gasteiger partial charge in [-0.05, 0) is 29.7 Å². The quantitative estimate of drug-likeness (QED) is 0.700. The zero-order valence-electron chi connectivity index (χ0n) is 13.6. The van der Waals surface area contributed by atoms with Crippen molar-refractivity contribution >= 4 is 5.97 Å². The van der Waals surface area contributed by atoms with Gasteiger partial charge in [-0.15, -0.1) is 0 Å². The number of carbonyl (C=O) groups is 1. The standard InChI is InChI=1S/C19H22O4/c1-21-17-10-8-16(14-18(17)22-2)9-11-19(20)23-13-12-15-6-4-3-5-7-15/h3-8,10,14H,9,11-13H2,1-2H3. The van der Waals surface area contributed by atoms with Crippen molar-refractivity contribution in [3.05, 3.63) is 59.7 Å². The summed E-state index contributed by atoms with van der Waals surface area (Å²) in [5.74, 6) is 1.17. The van der Waals surface area contributed by atoms with Crippen LogP contribution in [0.3, 0.4) is 0 Å². The average Bonchev–Trinajstić information content (AvgIpc) is 2.60. The molecule has 0 aliphatic rings. The maximum absolute atomic E-state index is 11.8. The van der Waals surface area contributed by atoms with Crippen LogP contribution in [0.4, 0.5) is 0 Å². The first kappa shape index (κ1) is 16.9. The van der Waals surface area contributed by atoms with Crippen LogP contribution in [-0.2, 0) is 22.4 Å². The summed E-state index contributed by atoms with van der Waals surface area (Å²) >= 11 is 0. The molecule has 0 aromatic heterocycles. The van der Waals surface area contributed by atoms with Crippen molar-refractivity contribution in [2.75, 3.05) is 20.8 Å². The Labute approximate surface area is 137 Å². The van der Waals surface area contributed by atoms with Crippen molar-refractivity contribution in [1.29, 1.82) is 0 Å². The lowest BCUT2D eigenvalue weighted by Crippen LogP contribution is -2.08.